The van der Waals surface area contributed by atoms with E-state index in [2.05, 4.69) is 10.2 Å². The van der Waals surface area contributed by atoms with Crippen LogP contribution in [0.15, 0.2) is 12.1 Å². The second kappa shape index (κ2) is 6.69. The number of hydrogen-bond donors (Lipinski definition) is 1. The molecule has 1 aromatic rings. The predicted octanol–water partition coefficient (Wildman–Crippen LogP) is 3.36. The maximum atomic E-state index is 13.7. The quantitative estimate of drug-likeness (QED) is 0.912. The van der Waals surface area contributed by atoms with Gasteiger partial charge in [0.25, 0.3) is 0 Å². The van der Waals surface area contributed by atoms with Gasteiger partial charge in [-0.2, -0.15) is 0 Å². The highest BCUT2D eigenvalue weighted by Gasteiger charge is 2.22. The summed E-state index contributed by atoms with van der Waals surface area (Å²) in [6, 6.07) is 3.84. The molecular formula is C15H22ClFN2. The average Bonchev–Trinajstić information content (AvgIpc) is 2.38. The molecule has 0 bridgehead atoms. The van der Waals surface area contributed by atoms with E-state index in [-0.39, 0.29) is 5.82 Å². The number of likely N-dealkylation sites (tertiary alicyclic amines) is 1. The molecule has 1 heterocycles. The van der Waals surface area contributed by atoms with Crippen LogP contribution in [0.25, 0.3) is 0 Å². The first-order valence-corrected chi connectivity index (χ1v) is 7.32. The van der Waals surface area contributed by atoms with Gasteiger partial charge in [0.2, 0.25) is 0 Å². The van der Waals surface area contributed by atoms with Crippen LogP contribution in [0.3, 0.4) is 0 Å². The average molecular weight is 285 g/mol. The Morgan fingerprint density at radius 2 is 2.21 bits per heavy atom. The lowest BCUT2D eigenvalue weighted by Gasteiger charge is -2.36. The van der Waals surface area contributed by atoms with Crippen LogP contribution >= 0.6 is 11.6 Å². The van der Waals surface area contributed by atoms with Crippen LogP contribution in [-0.2, 0) is 6.54 Å². The molecule has 106 valence electrons. The zero-order valence-corrected chi connectivity index (χ0v) is 12.4. The largest absolute Gasteiger partial charge is 0.318 e. The van der Waals surface area contributed by atoms with Crippen LogP contribution in [-0.4, -0.2) is 31.1 Å². The van der Waals surface area contributed by atoms with Crippen molar-refractivity contribution in [2.45, 2.75) is 38.8 Å². The van der Waals surface area contributed by atoms with Crippen molar-refractivity contribution in [3.8, 4) is 0 Å². The van der Waals surface area contributed by atoms with E-state index in [1.807, 2.05) is 7.05 Å². The van der Waals surface area contributed by atoms with Crippen molar-refractivity contribution in [2.24, 2.45) is 0 Å². The molecule has 1 fully saturated rings. The molecule has 1 unspecified atom stereocenters. The summed E-state index contributed by atoms with van der Waals surface area (Å²) in [4.78, 5) is 2.41. The lowest BCUT2D eigenvalue weighted by Crippen LogP contribution is -2.44. The fraction of sp³-hybridized carbons (Fsp3) is 0.600. The fourth-order valence-electron chi connectivity index (χ4n) is 2.76. The highest BCUT2D eigenvalue weighted by Crippen LogP contribution is 2.25. The summed E-state index contributed by atoms with van der Waals surface area (Å²) >= 11 is 6.24. The Morgan fingerprint density at radius 3 is 2.95 bits per heavy atom. The molecule has 1 aliphatic rings. The van der Waals surface area contributed by atoms with Crippen molar-refractivity contribution in [1.82, 2.24) is 10.2 Å². The Kier molecular flexibility index (Phi) is 5.20. The van der Waals surface area contributed by atoms with Gasteiger partial charge < -0.3 is 5.32 Å². The van der Waals surface area contributed by atoms with Gasteiger partial charge in [-0.1, -0.05) is 18.0 Å². The minimum atomic E-state index is -0.165. The number of benzene rings is 1. The van der Waals surface area contributed by atoms with Crippen molar-refractivity contribution >= 4 is 11.6 Å². The van der Waals surface area contributed by atoms with E-state index in [4.69, 9.17) is 11.6 Å². The van der Waals surface area contributed by atoms with Gasteiger partial charge in [-0.25, -0.2) is 4.39 Å². The summed E-state index contributed by atoms with van der Waals surface area (Å²) in [5, 5.41) is 3.91. The maximum absolute atomic E-state index is 13.7. The van der Waals surface area contributed by atoms with E-state index < -0.39 is 0 Å². The molecule has 0 radical (unpaired) electrons. The molecule has 4 heteroatoms. The summed E-state index contributed by atoms with van der Waals surface area (Å²) < 4.78 is 13.7. The van der Waals surface area contributed by atoms with E-state index in [0.717, 1.165) is 25.2 Å². The fourth-order valence-corrected chi connectivity index (χ4v) is 3.04. The molecule has 0 amide bonds. The zero-order valence-electron chi connectivity index (χ0n) is 11.7. The summed E-state index contributed by atoms with van der Waals surface area (Å²) in [6.07, 6.45) is 3.69. The molecule has 0 spiro atoms. The van der Waals surface area contributed by atoms with E-state index >= 15 is 0 Å². The molecule has 0 saturated carbocycles. The molecule has 0 aromatic heterocycles. The van der Waals surface area contributed by atoms with Gasteiger partial charge in [-0.15, -0.1) is 0 Å². The van der Waals surface area contributed by atoms with Crippen LogP contribution in [0.5, 0.6) is 0 Å². The number of likely N-dealkylation sites (N-methyl/N-ethyl adjacent to an activating group) is 1. The molecule has 1 aromatic carbocycles. The molecular weight excluding hydrogens is 263 g/mol. The minimum Gasteiger partial charge on any atom is -0.318 e. The monoisotopic (exact) mass is 284 g/mol. The van der Waals surface area contributed by atoms with Gasteiger partial charge in [-0.3, -0.25) is 4.90 Å². The Morgan fingerprint density at radius 1 is 1.42 bits per heavy atom. The molecule has 2 rings (SSSR count). The molecule has 1 atom stereocenters. The lowest BCUT2D eigenvalue weighted by molar-refractivity contribution is 0.139. The second-order valence-electron chi connectivity index (χ2n) is 5.37. The van der Waals surface area contributed by atoms with Crippen molar-refractivity contribution in [3.63, 3.8) is 0 Å². The Balaban J connectivity index is 2.12. The normalized spacial score (nSPS) is 20.7. The third-order valence-corrected chi connectivity index (χ3v) is 4.24. The van der Waals surface area contributed by atoms with E-state index in [1.165, 1.54) is 19.3 Å². The number of rotatable bonds is 4. The molecule has 19 heavy (non-hydrogen) atoms. The van der Waals surface area contributed by atoms with Crippen molar-refractivity contribution < 1.29 is 4.39 Å². The van der Waals surface area contributed by atoms with Crippen LogP contribution in [0, 0.1) is 12.7 Å². The van der Waals surface area contributed by atoms with Crippen molar-refractivity contribution in [1.29, 1.82) is 0 Å². The third kappa shape index (κ3) is 3.68. The van der Waals surface area contributed by atoms with E-state index in [0.29, 0.717) is 16.6 Å². The standard InChI is InChI=1S/C15H22ClFN2/c1-11-7-14(16)12(8-15(11)17)10-19-6-4-3-5-13(19)9-18-2/h7-8,13,18H,3-6,9-10H2,1-2H3. The van der Waals surface area contributed by atoms with Crippen molar-refractivity contribution in [2.75, 3.05) is 20.1 Å². The number of nitrogens with zero attached hydrogens (tertiary/aromatic N) is 1. The Labute approximate surface area is 119 Å². The molecule has 2 nitrogen and oxygen atoms in total. The number of aryl methyl sites for hydroxylation is 1. The number of hydrogen-bond acceptors (Lipinski definition) is 2. The van der Waals surface area contributed by atoms with Crippen LogP contribution in [0.2, 0.25) is 5.02 Å². The summed E-state index contributed by atoms with van der Waals surface area (Å²) in [6.45, 7) is 4.53. The van der Waals surface area contributed by atoms with Gasteiger partial charge in [-0.05, 0) is 56.6 Å². The molecule has 0 aliphatic carbocycles. The first kappa shape index (κ1) is 14.8. The smallest absolute Gasteiger partial charge is 0.126 e. The minimum absolute atomic E-state index is 0.165. The van der Waals surface area contributed by atoms with E-state index in [1.54, 1.807) is 19.1 Å². The maximum Gasteiger partial charge on any atom is 0.126 e. The lowest BCUT2D eigenvalue weighted by atomic mass is 10.0. The van der Waals surface area contributed by atoms with Gasteiger partial charge in [0, 0.05) is 24.2 Å². The second-order valence-corrected chi connectivity index (χ2v) is 5.78. The van der Waals surface area contributed by atoms with Crippen molar-refractivity contribution in [3.05, 3.63) is 34.1 Å². The third-order valence-electron chi connectivity index (χ3n) is 3.89. The van der Waals surface area contributed by atoms with Gasteiger partial charge >= 0.3 is 0 Å². The first-order chi connectivity index (χ1) is 9.11. The first-order valence-electron chi connectivity index (χ1n) is 6.95. The SMILES string of the molecule is CNCC1CCCCN1Cc1cc(F)c(C)cc1Cl. The van der Waals surface area contributed by atoms with Gasteiger partial charge in [0.15, 0.2) is 0 Å². The Bertz CT molecular complexity index is 434. The summed E-state index contributed by atoms with van der Waals surface area (Å²) in [5.41, 5.74) is 1.51. The highest BCUT2D eigenvalue weighted by atomic mass is 35.5. The topological polar surface area (TPSA) is 15.3 Å². The summed E-state index contributed by atoms with van der Waals surface area (Å²) in [7, 11) is 1.98. The van der Waals surface area contributed by atoms with E-state index in [9.17, 15) is 4.39 Å². The molecule has 1 N–H and O–H groups in total. The van der Waals surface area contributed by atoms with Crippen LogP contribution < -0.4 is 5.32 Å². The van der Waals surface area contributed by atoms with Crippen LogP contribution in [0.4, 0.5) is 4.39 Å². The predicted molar refractivity (Wildman–Crippen MR) is 78.1 cm³/mol. The molecule has 1 aliphatic heterocycles. The zero-order chi connectivity index (χ0) is 13.8. The van der Waals surface area contributed by atoms with Gasteiger partial charge in [0.05, 0.1) is 0 Å². The van der Waals surface area contributed by atoms with Gasteiger partial charge in [0.1, 0.15) is 5.82 Å². The highest BCUT2D eigenvalue weighted by molar-refractivity contribution is 6.31. The Hall–Kier alpha value is -0.640. The summed E-state index contributed by atoms with van der Waals surface area (Å²) in [5.74, 6) is -0.165. The van der Waals surface area contributed by atoms with Crippen LogP contribution in [0.1, 0.15) is 30.4 Å². The number of piperidine rings is 1. The number of nitrogens with one attached hydrogen (secondary N) is 1. The molecule has 1 saturated heterocycles. The number of halogens is 2.